The molecule has 1 aliphatic heterocycles. The Balaban J connectivity index is 1.43. The highest BCUT2D eigenvalue weighted by Crippen LogP contribution is 2.37. The third-order valence-electron chi connectivity index (χ3n) is 6.49. The second-order valence-electron chi connectivity index (χ2n) is 9.55. The van der Waals surface area contributed by atoms with Crippen molar-refractivity contribution in [3.63, 3.8) is 0 Å². The summed E-state index contributed by atoms with van der Waals surface area (Å²) in [5.74, 6) is -0.0201. The summed E-state index contributed by atoms with van der Waals surface area (Å²) in [7, 11) is 3.93. The molecule has 1 fully saturated rings. The number of pyridine rings is 1. The van der Waals surface area contributed by atoms with Gasteiger partial charge in [0, 0.05) is 59.8 Å². The van der Waals surface area contributed by atoms with Crippen LogP contribution in [-0.2, 0) is 4.79 Å². The van der Waals surface area contributed by atoms with Gasteiger partial charge in [-0.1, -0.05) is 29.3 Å². The first-order valence-corrected chi connectivity index (χ1v) is 13.1. The number of carbonyl (C=O) groups excluding carboxylic acids is 1. The Kier molecular flexibility index (Phi) is 8.91. The first kappa shape index (κ1) is 27.9. The van der Waals surface area contributed by atoms with Crippen LogP contribution >= 0.6 is 23.2 Å². The Morgan fingerprint density at radius 2 is 2.00 bits per heavy atom. The number of nitrogens with two attached hydrogens (primary N) is 1. The zero-order chi connectivity index (χ0) is 27.4. The summed E-state index contributed by atoms with van der Waals surface area (Å²) >= 11 is 12.4. The van der Waals surface area contributed by atoms with E-state index in [9.17, 15) is 9.18 Å². The third-order valence-corrected chi connectivity index (χ3v) is 7.20. The van der Waals surface area contributed by atoms with E-state index in [2.05, 4.69) is 10.1 Å². The van der Waals surface area contributed by atoms with Crippen LogP contribution < -0.4 is 10.5 Å². The molecule has 0 aliphatic carbocycles. The maximum Gasteiger partial charge on any atom is 0.246 e. The van der Waals surface area contributed by atoms with Crippen molar-refractivity contribution >= 4 is 34.9 Å². The molecule has 3 aromatic rings. The molecule has 11 heteroatoms. The quantitative estimate of drug-likeness (QED) is 0.293. The first-order valence-electron chi connectivity index (χ1n) is 12.3. The number of amides is 1. The molecular weight excluding hydrogens is 530 g/mol. The van der Waals surface area contributed by atoms with Crippen LogP contribution in [0.1, 0.15) is 37.5 Å². The van der Waals surface area contributed by atoms with Gasteiger partial charge in [0.2, 0.25) is 5.91 Å². The van der Waals surface area contributed by atoms with E-state index in [1.807, 2.05) is 40.8 Å². The van der Waals surface area contributed by atoms with Crippen LogP contribution in [0.2, 0.25) is 10.0 Å². The highest BCUT2D eigenvalue weighted by Gasteiger charge is 2.24. The van der Waals surface area contributed by atoms with Crippen molar-refractivity contribution in [1.82, 2.24) is 24.6 Å². The van der Waals surface area contributed by atoms with Crippen LogP contribution in [0.4, 0.5) is 10.2 Å². The Labute approximate surface area is 231 Å². The molecule has 2 N–H and O–H groups in total. The minimum Gasteiger partial charge on any atom is -0.482 e. The number of nitrogen functional groups attached to an aromatic ring is 1. The Morgan fingerprint density at radius 3 is 2.71 bits per heavy atom. The number of anilines is 1. The number of benzene rings is 1. The van der Waals surface area contributed by atoms with E-state index in [0.717, 1.165) is 30.5 Å². The van der Waals surface area contributed by atoms with Crippen LogP contribution in [0, 0.1) is 5.82 Å². The fourth-order valence-corrected chi connectivity index (χ4v) is 5.06. The maximum absolute atomic E-state index is 14.0. The number of rotatable bonds is 8. The fraction of sp³-hybridized carbons (Fsp3) is 0.370. The molecule has 1 aromatic carbocycles. The second kappa shape index (κ2) is 12.1. The molecule has 38 heavy (non-hydrogen) atoms. The molecule has 1 atom stereocenters. The Bertz CT molecular complexity index is 1320. The highest BCUT2D eigenvalue weighted by molar-refractivity contribution is 6.36. The number of ether oxygens (including phenoxy) is 1. The molecule has 4 rings (SSSR count). The van der Waals surface area contributed by atoms with Gasteiger partial charge in [0.15, 0.2) is 11.6 Å². The van der Waals surface area contributed by atoms with Crippen molar-refractivity contribution in [2.45, 2.75) is 31.9 Å². The number of hydrogen-bond acceptors (Lipinski definition) is 6. The molecule has 0 saturated carbocycles. The van der Waals surface area contributed by atoms with Crippen molar-refractivity contribution in [2.24, 2.45) is 0 Å². The monoisotopic (exact) mass is 560 g/mol. The van der Waals surface area contributed by atoms with Gasteiger partial charge in [0.25, 0.3) is 0 Å². The smallest absolute Gasteiger partial charge is 0.246 e. The summed E-state index contributed by atoms with van der Waals surface area (Å²) in [6.07, 6.45) is 9.87. The standard InChI is InChI=1S/C27H31Cl2FN6O2/c1-17(25-21(28)6-7-22(30)26(25)29)38-23-13-18(14-32-27(23)31)19-15-33-36(16-19)20-8-11-35(12-9-20)24(37)5-4-10-34(2)3/h4-7,13-17,20H,8-12H2,1-3H3,(H2,31,32)/b5-4+/t17-/m0/s1. The predicted molar refractivity (Wildman–Crippen MR) is 148 cm³/mol. The molecule has 8 nitrogen and oxygen atoms in total. The number of carbonyl (C=O) groups is 1. The lowest BCUT2D eigenvalue weighted by atomic mass is 10.0. The first-order chi connectivity index (χ1) is 18.1. The molecule has 0 radical (unpaired) electrons. The average Bonchev–Trinajstić information content (AvgIpc) is 3.38. The third kappa shape index (κ3) is 6.46. The van der Waals surface area contributed by atoms with E-state index in [1.54, 1.807) is 31.5 Å². The molecule has 1 aliphatic rings. The van der Waals surface area contributed by atoms with Crippen molar-refractivity contribution in [3.8, 4) is 16.9 Å². The summed E-state index contributed by atoms with van der Waals surface area (Å²) in [4.78, 5) is 20.6. The van der Waals surface area contributed by atoms with Gasteiger partial charge in [-0.25, -0.2) is 9.37 Å². The minimum absolute atomic E-state index is 0.0435. The van der Waals surface area contributed by atoms with Crippen LogP contribution in [0.15, 0.2) is 48.9 Å². The van der Waals surface area contributed by atoms with Gasteiger partial charge in [-0.05, 0) is 52.1 Å². The molecular formula is C27H31Cl2FN6O2. The molecule has 3 heterocycles. The summed E-state index contributed by atoms with van der Waals surface area (Å²) in [5.41, 5.74) is 8.02. The van der Waals surface area contributed by atoms with Gasteiger partial charge in [0.1, 0.15) is 11.9 Å². The Morgan fingerprint density at radius 1 is 1.26 bits per heavy atom. The largest absolute Gasteiger partial charge is 0.482 e. The lowest BCUT2D eigenvalue weighted by Gasteiger charge is -2.31. The van der Waals surface area contributed by atoms with Crippen LogP contribution in [0.25, 0.3) is 11.1 Å². The SMILES string of the molecule is C[C@H](Oc1cc(-c2cnn(C3CCN(C(=O)/C=C/CN(C)C)CC3)c2)cnc1N)c1c(Cl)ccc(F)c1Cl. The maximum atomic E-state index is 14.0. The summed E-state index contributed by atoms with van der Waals surface area (Å²) in [6, 6.07) is 4.60. The van der Waals surface area contributed by atoms with Crippen molar-refractivity contribution in [1.29, 1.82) is 0 Å². The summed E-state index contributed by atoms with van der Waals surface area (Å²) in [5, 5.41) is 4.77. The fourth-order valence-electron chi connectivity index (χ4n) is 4.38. The van der Waals surface area contributed by atoms with E-state index < -0.39 is 11.9 Å². The molecule has 202 valence electrons. The normalized spacial score (nSPS) is 15.4. The minimum atomic E-state index is -0.668. The molecule has 0 spiro atoms. The number of halogens is 3. The molecule has 1 saturated heterocycles. The van der Waals surface area contributed by atoms with E-state index >= 15 is 0 Å². The lowest BCUT2D eigenvalue weighted by molar-refractivity contribution is -0.127. The zero-order valence-corrected chi connectivity index (χ0v) is 23.1. The molecule has 1 amide bonds. The summed E-state index contributed by atoms with van der Waals surface area (Å²) in [6.45, 7) is 3.80. The van der Waals surface area contributed by atoms with Gasteiger partial charge in [-0.2, -0.15) is 5.10 Å². The van der Waals surface area contributed by atoms with Crippen molar-refractivity contribution in [2.75, 3.05) is 39.5 Å². The van der Waals surface area contributed by atoms with Crippen LogP contribution in [0.5, 0.6) is 5.75 Å². The topological polar surface area (TPSA) is 89.5 Å². The van der Waals surface area contributed by atoms with E-state index in [0.29, 0.717) is 29.4 Å². The van der Waals surface area contributed by atoms with Gasteiger partial charge in [0.05, 0.1) is 17.3 Å². The van der Waals surface area contributed by atoms with E-state index in [1.165, 1.54) is 12.1 Å². The second-order valence-corrected chi connectivity index (χ2v) is 10.3. The summed E-state index contributed by atoms with van der Waals surface area (Å²) < 4.78 is 21.9. The average molecular weight is 561 g/mol. The van der Waals surface area contributed by atoms with Crippen LogP contribution in [0.3, 0.4) is 0 Å². The number of likely N-dealkylation sites (tertiary alicyclic amines) is 1. The number of piperidine rings is 1. The van der Waals surface area contributed by atoms with Gasteiger partial charge >= 0.3 is 0 Å². The van der Waals surface area contributed by atoms with Gasteiger partial charge < -0.3 is 20.3 Å². The Hall–Kier alpha value is -3.14. The van der Waals surface area contributed by atoms with Crippen molar-refractivity contribution < 1.29 is 13.9 Å². The van der Waals surface area contributed by atoms with Crippen molar-refractivity contribution in [3.05, 3.63) is 70.4 Å². The number of likely N-dealkylation sites (N-methyl/N-ethyl adjacent to an activating group) is 1. The number of nitrogens with zero attached hydrogens (tertiary/aromatic N) is 5. The van der Waals surface area contributed by atoms with E-state index in [-0.39, 0.29) is 22.8 Å². The lowest BCUT2D eigenvalue weighted by Crippen LogP contribution is -2.38. The van der Waals surface area contributed by atoms with E-state index in [4.69, 9.17) is 33.7 Å². The van der Waals surface area contributed by atoms with Crippen LogP contribution in [-0.4, -0.2) is 64.2 Å². The van der Waals surface area contributed by atoms with Gasteiger partial charge in [-0.15, -0.1) is 0 Å². The molecule has 0 bridgehead atoms. The number of hydrogen-bond donors (Lipinski definition) is 1. The molecule has 2 aromatic heterocycles. The molecule has 0 unspecified atom stereocenters. The number of aromatic nitrogens is 3. The zero-order valence-electron chi connectivity index (χ0n) is 21.6. The van der Waals surface area contributed by atoms with Gasteiger partial charge in [-0.3, -0.25) is 9.48 Å². The predicted octanol–water partition coefficient (Wildman–Crippen LogP) is 5.39. The highest BCUT2D eigenvalue weighted by atomic mass is 35.5.